The first-order valence-corrected chi connectivity index (χ1v) is 5.76. The maximum Gasteiger partial charge on any atom is 0.323 e. The quantitative estimate of drug-likeness (QED) is 0.662. The summed E-state index contributed by atoms with van der Waals surface area (Å²) in [5.74, 6) is -1.27. The minimum Gasteiger partial charge on any atom is -0.322 e. The lowest BCUT2D eigenvalue weighted by Crippen LogP contribution is -2.13. The minimum atomic E-state index is -0.693. The monoisotopic (exact) mass is 272 g/mol. The summed E-state index contributed by atoms with van der Waals surface area (Å²) in [6.07, 6.45) is 2.31. The number of fused-ring (bicyclic) bond motifs is 1. The topological polar surface area (TPSA) is 90.6 Å². The standard InChI is InChI=1S/C13H9FN4O2/c14-9-6-15-4-3-8(9)12(19)16-7-1-2-10-11(5-7)18-13(20)17-10/h1-6H,(H,16,19)(H2,17,18,20). The van der Waals surface area contributed by atoms with Gasteiger partial charge in [0.2, 0.25) is 0 Å². The number of aromatic nitrogens is 3. The molecular weight excluding hydrogens is 263 g/mol. The summed E-state index contributed by atoms with van der Waals surface area (Å²) in [5, 5.41) is 2.56. The maximum absolute atomic E-state index is 13.4. The highest BCUT2D eigenvalue weighted by atomic mass is 19.1. The van der Waals surface area contributed by atoms with Crippen molar-refractivity contribution < 1.29 is 9.18 Å². The first-order chi connectivity index (χ1) is 9.63. The molecule has 3 N–H and O–H groups in total. The molecule has 0 aliphatic carbocycles. The second-order valence-electron chi connectivity index (χ2n) is 4.15. The highest BCUT2D eigenvalue weighted by Crippen LogP contribution is 2.16. The Morgan fingerprint density at radius 3 is 2.80 bits per heavy atom. The summed E-state index contributed by atoms with van der Waals surface area (Å²) in [6.45, 7) is 0. The van der Waals surface area contributed by atoms with Crippen LogP contribution in [0.1, 0.15) is 10.4 Å². The number of benzene rings is 1. The SMILES string of the molecule is O=C(Nc1ccc2[nH]c(=O)[nH]c2c1)c1ccncc1F. The van der Waals surface area contributed by atoms with Crippen molar-refractivity contribution in [2.75, 3.05) is 5.32 Å². The number of rotatable bonds is 2. The Kier molecular flexibility index (Phi) is 2.79. The molecule has 0 bridgehead atoms. The number of nitrogens with one attached hydrogen (secondary N) is 3. The normalized spacial score (nSPS) is 10.7. The average molecular weight is 272 g/mol. The van der Waals surface area contributed by atoms with Crippen molar-refractivity contribution in [3.8, 4) is 0 Å². The fraction of sp³-hybridized carbons (Fsp3) is 0. The van der Waals surface area contributed by atoms with Crippen molar-refractivity contribution in [2.24, 2.45) is 0 Å². The zero-order valence-electron chi connectivity index (χ0n) is 10.1. The van der Waals surface area contributed by atoms with Crippen molar-refractivity contribution in [2.45, 2.75) is 0 Å². The zero-order chi connectivity index (χ0) is 14.1. The lowest BCUT2D eigenvalue weighted by molar-refractivity contribution is 0.102. The number of hydrogen-bond donors (Lipinski definition) is 3. The zero-order valence-corrected chi connectivity index (χ0v) is 10.1. The number of nitrogens with zero attached hydrogens (tertiary/aromatic N) is 1. The van der Waals surface area contributed by atoms with Gasteiger partial charge >= 0.3 is 5.69 Å². The molecule has 2 heterocycles. The molecule has 0 fully saturated rings. The number of carbonyl (C=O) groups is 1. The fourth-order valence-corrected chi connectivity index (χ4v) is 1.87. The molecule has 0 saturated carbocycles. The summed E-state index contributed by atoms with van der Waals surface area (Å²) in [5.41, 5.74) is 1.21. The number of imidazole rings is 1. The molecule has 3 aromatic rings. The van der Waals surface area contributed by atoms with Gasteiger partial charge in [-0.05, 0) is 24.3 Å². The third-order valence-corrected chi connectivity index (χ3v) is 2.79. The fourth-order valence-electron chi connectivity index (χ4n) is 1.87. The summed E-state index contributed by atoms with van der Waals surface area (Å²) >= 11 is 0. The van der Waals surface area contributed by atoms with Crippen LogP contribution in [0, 0.1) is 5.82 Å². The molecule has 0 atom stereocenters. The summed E-state index contributed by atoms with van der Waals surface area (Å²) < 4.78 is 13.4. The van der Waals surface area contributed by atoms with Crippen LogP contribution in [-0.4, -0.2) is 20.9 Å². The second kappa shape index (κ2) is 4.61. The van der Waals surface area contributed by atoms with Gasteiger partial charge in [0.05, 0.1) is 22.8 Å². The Labute approximate surface area is 111 Å². The van der Waals surface area contributed by atoms with Crippen molar-refractivity contribution in [1.82, 2.24) is 15.0 Å². The van der Waals surface area contributed by atoms with E-state index in [4.69, 9.17) is 0 Å². The molecule has 3 rings (SSSR count). The van der Waals surface area contributed by atoms with Crippen molar-refractivity contribution in [3.05, 3.63) is 58.5 Å². The number of aromatic amines is 2. The summed E-state index contributed by atoms with van der Waals surface area (Å²) in [7, 11) is 0. The van der Waals surface area contributed by atoms with Gasteiger partial charge < -0.3 is 15.3 Å². The molecule has 20 heavy (non-hydrogen) atoms. The van der Waals surface area contributed by atoms with E-state index in [1.807, 2.05) is 0 Å². The largest absolute Gasteiger partial charge is 0.323 e. The van der Waals surface area contributed by atoms with Crippen LogP contribution in [0.2, 0.25) is 0 Å². The highest BCUT2D eigenvalue weighted by Gasteiger charge is 2.11. The van der Waals surface area contributed by atoms with E-state index in [9.17, 15) is 14.0 Å². The molecular formula is C13H9FN4O2. The molecule has 0 radical (unpaired) electrons. The number of pyridine rings is 1. The second-order valence-corrected chi connectivity index (χ2v) is 4.15. The molecule has 1 aromatic carbocycles. The Bertz CT molecular complexity index is 853. The summed E-state index contributed by atoms with van der Waals surface area (Å²) in [6, 6.07) is 6.14. The molecule has 0 saturated heterocycles. The van der Waals surface area contributed by atoms with Gasteiger partial charge in [0.25, 0.3) is 5.91 Å². The van der Waals surface area contributed by atoms with E-state index in [1.54, 1.807) is 18.2 Å². The Morgan fingerprint density at radius 2 is 2.00 bits per heavy atom. The molecule has 0 aliphatic heterocycles. The number of halogens is 1. The van der Waals surface area contributed by atoms with Crippen LogP contribution in [0.5, 0.6) is 0 Å². The van der Waals surface area contributed by atoms with Gasteiger partial charge in [-0.2, -0.15) is 0 Å². The molecule has 0 unspecified atom stereocenters. The van der Waals surface area contributed by atoms with Crippen LogP contribution in [-0.2, 0) is 0 Å². The molecule has 1 amide bonds. The molecule has 0 spiro atoms. The van der Waals surface area contributed by atoms with Gasteiger partial charge in [0, 0.05) is 11.9 Å². The van der Waals surface area contributed by atoms with E-state index in [1.165, 1.54) is 12.3 Å². The predicted octanol–water partition coefficient (Wildman–Crippen LogP) is 1.64. The van der Waals surface area contributed by atoms with E-state index in [0.29, 0.717) is 16.7 Å². The van der Waals surface area contributed by atoms with E-state index >= 15 is 0 Å². The smallest absolute Gasteiger partial charge is 0.322 e. The minimum absolute atomic E-state index is 0.0948. The number of hydrogen-bond acceptors (Lipinski definition) is 3. The van der Waals surface area contributed by atoms with Crippen molar-refractivity contribution >= 4 is 22.6 Å². The molecule has 100 valence electrons. The van der Waals surface area contributed by atoms with Crippen LogP contribution >= 0.6 is 0 Å². The lowest BCUT2D eigenvalue weighted by atomic mass is 10.2. The van der Waals surface area contributed by atoms with E-state index in [2.05, 4.69) is 20.3 Å². The first-order valence-electron chi connectivity index (χ1n) is 5.76. The average Bonchev–Trinajstić information content (AvgIpc) is 2.78. The van der Waals surface area contributed by atoms with E-state index < -0.39 is 11.7 Å². The third-order valence-electron chi connectivity index (χ3n) is 2.79. The first kappa shape index (κ1) is 12.1. The number of anilines is 1. The van der Waals surface area contributed by atoms with Gasteiger partial charge in [-0.3, -0.25) is 9.78 Å². The Morgan fingerprint density at radius 1 is 1.20 bits per heavy atom. The van der Waals surface area contributed by atoms with Gasteiger partial charge in [-0.25, -0.2) is 9.18 Å². The van der Waals surface area contributed by atoms with Crippen LogP contribution < -0.4 is 11.0 Å². The highest BCUT2D eigenvalue weighted by molar-refractivity contribution is 6.05. The van der Waals surface area contributed by atoms with Gasteiger partial charge in [0.1, 0.15) is 0 Å². The van der Waals surface area contributed by atoms with Gasteiger partial charge in [0.15, 0.2) is 5.82 Å². The maximum atomic E-state index is 13.4. The van der Waals surface area contributed by atoms with E-state index in [-0.39, 0.29) is 11.3 Å². The van der Waals surface area contributed by atoms with Crippen LogP contribution in [0.4, 0.5) is 10.1 Å². The van der Waals surface area contributed by atoms with E-state index in [0.717, 1.165) is 6.20 Å². The summed E-state index contributed by atoms with van der Waals surface area (Å²) in [4.78, 5) is 31.8. The molecule has 0 aliphatic rings. The van der Waals surface area contributed by atoms with Gasteiger partial charge in [-0.1, -0.05) is 0 Å². The lowest BCUT2D eigenvalue weighted by Gasteiger charge is -2.05. The third kappa shape index (κ3) is 2.16. The van der Waals surface area contributed by atoms with Crippen LogP contribution in [0.15, 0.2) is 41.5 Å². The van der Waals surface area contributed by atoms with Crippen LogP contribution in [0.25, 0.3) is 11.0 Å². The Balaban J connectivity index is 1.91. The molecule has 6 nitrogen and oxygen atoms in total. The number of amides is 1. The number of H-pyrrole nitrogens is 2. The molecule has 2 aromatic heterocycles. The Hall–Kier alpha value is -2.96. The van der Waals surface area contributed by atoms with Crippen molar-refractivity contribution in [1.29, 1.82) is 0 Å². The van der Waals surface area contributed by atoms with Crippen LogP contribution in [0.3, 0.4) is 0 Å². The van der Waals surface area contributed by atoms with Gasteiger partial charge in [-0.15, -0.1) is 0 Å². The predicted molar refractivity (Wildman–Crippen MR) is 71.1 cm³/mol. The molecule has 7 heteroatoms. The van der Waals surface area contributed by atoms with Crippen molar-refractivity contribution in [3.63, 3.8) is 0 Å². The number of carbonyl (C=O) groups excluding carboxylic acids is 1.